The van der Waals surface area contributed by atoms with Crippen molar-refractivity contribution in [1.82, 2.24) is 30.0 Å². The van der Waals surface area contributed by atoms with Gasteiger partial charge in [-0.05, 0) is 18.2 Å². The van der Waals surface area contributed by atoms with Crippen molar-refractivity contribution in [3.8, 4) is 11.9 Å². The fourth-order valence-corrected chi connectivity index (χ4v) is 3.26. The molecule has 29 heavy (non-hydrogen) atoms. The predicted octanol–water partition coefficient (Wildman–Crippen LogP) is 1.39. The molecule has 2 aromatic heterocycles. The third-order valence-corrected chi connectivity index (χ3v) is 4.92. The lowest BCUT2D eigenvalue weighted by atomic mass is 10.2. The van der Waals surface area contributed by atoms with Gasteiger partial charge in [-0.3, -0.25) is 4.79 Å². The molecule has 3 rings (SSSR count). The van der Waals surface area contributed by atoms with Crippen LogP contribution in [0.25, 0.3) is 11.5 Å². The van der Waals surface area contributed by atoms with Gasteiger partial charge in [0.2, 0.25) is 0 Å². The first kappa shape index (κ1) is 20.1. The van der Waals surface area contributed by atoms with Gasteiger partial charge >= 0.3 is 0 Å². The topological polar surface area (TPSA) is 144 Å². The minimum atomic E-state index is -3.55. The molecule has 0 bridgehead atoms. The summed E-state index contributed by atoms with van der Waals surface area (Å²) in [5.74, 6) is -0.209. The van der Waals surface area contributed by atoms with Gasteiger partial charge < -0.3 is 5.32 Å². The van der Waals surface area contributed by atoms with Gasteiger partial charge in [-0.1, -0.05) is 18.2 Å². The first-order valence-electron chi connectivity index (χ1n) is 7.83. The van der Waals surface area contributed by atoms with E-state index in [1.807, 2.05) is 6.07 Å². The number of hydrogen-bond donors (Lipinski definition) is 1. The maximum Gasteiger partial charge on any atom is 0.255 e. The quantitative estimate of drug-likeness (QED) is 0.640. The number of sulfone groups is 1. The summed E-state index contributed by atoms with van der Waals surface area (Å²) in [5.41, 5.74) is 0.244. The fraction of sp³-hybridized carbons (Fsp3) is 0.0588. The van der Waals surface area contributed by atoms with Gasteiger partial charge in [0.25, 0.3) is 5.91 Å². The normalized spacial score (nSPS) is 10.9. The molecular weight excluding hydrogens is 418 g/mol. The van der Waals surface area contributed by atoms with Crippen molar-refractivity contribution in [3.05, 3.63) is 65.6 Å². The monoisotopic (exact) mass is 429 g/mol. The third-order valence-electron chi connectivity index (χ3n) is 3.61. The van der Waals surface area contributed by atoms with E-state index in [-0.39, 0.29) is 38.5 Å². The number of benzene rings is 1. The summed E-state index contributed by atoms with van der Waals surface area (Å²) in [6.45, 7) is 3.77. The molecule has 0 saturated heterocycles. The van der Waals surface area contributed by atoms with E-state index in [1.165, 1.54) is 41.6 Å². The van der Waals surface area contributed by atoms with Crippen molar-refractivity contribution in [1.29, 1.82) is 5.26 Å². The second kappa shape index (κ2) is 7.78. The first-order valence-corrected chi connectivity index (χ1v) is 10.1. The molecule has 0 aliphatic carbocycles. The fourth-order valence-electron chi connectivity index (χ4n) is 2.28. The Kier molecular flexibility index (Phi) is 5.40. The van der Waals surface area contributed by atoms with Gasteiger partial charge in [-0.2, -0.15) is 15.0 Å². The summed E-state index contributed by atoms with van der Waals surface area (Å²) in [7, 11) is -3.55. The van der Waals surface area contributed by atoms with Crippen LogP contribution in [0, 0.1) is 11.3 Å². The van der Waals surface area contributed by atoms with E-state index in [9.17, 15) is 13.2 Å². The maximum absolute atomic E-state index is 12.6. The highest BCUT2D eigenvalue weighted by molar-refractivity contribution is 7.90. The zero-order chi connectivity index (χ0) is 21.2. The predicted molar refractivity (Wildman–Crippen MR) is 103 cm³/mol. The van der Waals surface area contributed by atoms with Crippen LogP contribution in [0.3, 0.4) is 0 Å². The van der Waals surface area contributed by atoms with Crippen molar-refractivity contribution in [2.24, 2.45) is 0 Å². The number of carbonyl (C=O) groups excluding carboxylic acids is 1. The highest BCUT2D eigenvalue weighted by Gasteiger charge is 2.17. The van der Waals surface area contributed by atoms with Crippen LogP contribution in [0.2, 0.25) is 5.02 Å². The summed E-state index contributed by atoms with van der Waals surface area (Å²) < 4.78 is 24.8. The number of nitriles is 1. The number of nitrogens with one attached hydrogen (secondary N) is 1. The summed E-state index contributed by atoms with van der Waals surface area (Å²) in [6, 6.07) is 5.64. The Morgan fingerprint density at radius 2 is 2.00 bits per heavy atom. The molecular formula is C17H12ClN7O3S. The standard InChI is InChI=1S/C17H12ClN7O3S/c1-10(16-22-9-23-25(16)15-8-20-13(6-19)7-21-15)24-17(26)11-3-12(18)5-14(4-11)29(2,27)28/h3-5,7-9H,1H2,2H3,(H,24,26). The van der Waals surface area contributed by atoms with E-state index in [0.717, 1.165) is 6.26 Å². The van der Waals surface area contributed by atoms with E-state index in [4.69, 9.17) is 16.9 Å². The minimum Gasteiger partial charge on any atom is -0.319 e. The van der Waals surface area contributed by atoms with Crippen LogP contribution in [-0.2, 0) is 9.84 Å². The number of hydrogen-bond acceptors (Lipinski definition) is 8. The molecule has 0 unspecified atom stereocenters. The SMILES string of the molecule is C=C(NC(=O)c1cc(Cl)cc(S(C)(=O)=O)c1)c1ncnn1-c1cnc(C#N)cn1. The zero-order valence-corrected chi connectivity index (χ0v) is 16.4. The smallest absolute Gasteiger partial charge is 0.255 e. The van der Waals surface area contributed by atoms with Crippen LogP contribution in [0.4, 0.5) is 0 Å². The van der Waals surface area contributed by atoms with Crippen LogP contribution in [-0.4, -0.2) is 45.3 Å². The van der Waals surface area contributed by atoms with Gasteiger partial charge in [0.05, 0.1) is 23.0 Å². The molecule has 0 aliphatic heterocycles. The van der Waals surface area contributed by atoms with Crippen molar-refractivity contribution in [2.45, 2.75) is 4.90 Å². The molecule has 1 aromatic carbocycles. The first-order chi connectivity index (χ1) is 13.7. The van der Waals surface area contributed by atoms with Gasteiger partial charge in [0.1, 0.15) is 12.4 Å². The van der Waals surface area contributed by atoms with E-state index in [2.05, 4.69) is 31.9 Å². The second-order valence-electron chi connectivity index (χ2n) is 5.75. The van der Waals surface area contributed by atoms with Gasteiger partial charge in [-0.25, -0.2) is 23.4 Å². The number of carbonyl (C=O) groups is 1. The summed E-state index contributed by atoms with van der Waals surface area (Å²) in [5, 5.41) is 15.4. The molecule has 0 aliphatic rings. The molecule has 0 spiro atoms. The summed E-state index contributed by atoms with van der Waals surface area (Å²) in [6.07, 6.45) is 4.83. The van der Waals surface area contributed by atoms with Crippen LogP contribution >= 0.6 is 11.6 Å². The molecule has 1 amide bonds. The molecule has 10 nitrogen and oxygen atoms in total. The van der Waals surface area contributed by atoms with Gasteiger partial charge in [0.15, 0.2) is 27.2 Å². The van der Waals surface area contributed by atoms with Crippen LogP contribution in [0.1, 0.15) is 21.9 Å². The summed E-state index contributed by atoms with van der Waals surface area (Å²) in [4.78, 5) is 24.5. The van der Waals surface area contributed by atoms with E-state index >= 15 is 0 Å². The van der Waals surface area contributed by atoms with Gasteiger partial charge in [0, 0.05) is 16.8 Å². The van der Waals surface area contributed by atoms with Crippen LogP contribution in [0.15, 0.2) is 48.4 Å². The molecule has 0 fully saturated rings. The number of amides is 1. The zero-order valence-electron chi connectivity index (χ0n) is 14.9. The molecule has 0 saturated carbocycles. The lowest BCUT2D eigenvalue weighted by molar-refractivity contribution is 0.0973. The second-order valence-corrected chi connectivity index (χ2v) is 8.20. The average Bonchev–Trinajstić information content (AvgIpc) is 3.17. The number of nitrogens with zero attached hydrogens (tertiary/aromatic N) is 6. The third kappa shape index (κ3) is 4.45. The molecule has 146 valence electrons. The van der Waals surface area contributed by atoms with Crippen LogP contribution in [0.5, 0.6) is 0 Å². The Morgan fingerprint density at radius 3 is 2.62 bits per heavy atom. The average molecular weight is 430 g/mol. The van der Waals surface area contributed by atoms with Crippen molar-refractivity contribution in [2.75, 3.05) is 6.26 Å². The lowest BCUT2D eigenvalue weighted by Gasteiger charge is -2.10. The van der Waals surface area contributed by atoms with E-state index < -0.39 is 15.7 Å². The van der Waals surface area contributed by atoms with Crippen molar-refractivity contribution < 1.29 is 13.2 Å². The molecule has 2 heterocycles. The maximum atomic E-state index is 12.6. The number of halogens is 1. The Bertz CT molecular complexity index is 1260. The summed E-state index contributed by atoms with van der Waals surface area (Å²) >= 11 is 5.93. The van der Waals surface area contributed by atoms with Crippen LogP contribution < -0.4 is 5.32 Å². The molecule has 12 heteroatoms. The Labute approximate surface area is 170 Å². The Morgan fingerprint density at radius 1 is 1.24 bits per heavy atom. The van der Waals surface area contributed by atoms with Gasteiger partial charge in [-0.15, -0.1) is 0 Å². The van der Waals surface area contributed by atoms with E-state index in [0.29, 0.717) is 0 Å². The molecule has 0 atom stereocenters. The number of aromatic nitrogens is 5. The highest BCUT2D eigenvalue weighted by atomic mass is 35.5. The molecule has 0 radical (unpaired) electrons. The Hall–Kier alpha value is -3.62. The molecule has 3 aromatic rings. The number of rotatable bonds is 5. The minimum absolute atomic E-state index is 0.0308. The largest absolute Gasteiger partial charge is 0.319 e. The van der Waals surface area contributed by atoms with Crippen molar-refractivity contribution >= 4 is 33.0 Å². The highest BCUT2D eigenvalue weighted by Crippen LogP contribution is 2.20. The Balaban J connectivity index is 1.87. The van der Waals surface area contributed by atoms with E-state index in [1.54, 1.807) is 0 Å². The van der Waals surface area contributed by atoms with Crippen molar-refractivity contribution in [3.63, 3.8) is 0 Å². The molecule has 1 N–H and O–H groups in total. The lowest BCUT2D eigenvalue weighted by Crippen LogP contribution is -2.23.